The summed E-state index contributed by atoms with van der Waals surface area (Å²) in [5.41, 5.74) is 2.60. The lowest BCUT2D eigenvalue weighted by Crippen LogP contribution is -2.40. The van der Waals surface area contributed by atoms with Crippen LogP contribution in [0.4, 0.5) is 0 Å². The zero-order chi connectivity index (χ0) is 17.7. The number of hydrogen-bond acceptors (Lipinski definition) is 2. The highest BCUT2D eigenvalue weighted by atomic mass is 127. The normalized spacial score (nSPS) is 11.1. The van der Waals surface area contributed by atoms with Crippen molar-refractivity contribution in [3.8, 4) is 0 Å². The summed E-state index contributed by atoms with van der Waals surface area (Å²) in [6.45, 7) is 5.20. The summed E-state index contributed by atoms with van der Waals surface area (Å²) in [7, 11) is 1.80. The monoisotopic (exact) mass is 467 g/mol. The molecule has 0 aliphatic carbocycles. The first-order chi connectivity index (χ1) is 12.3. The summed E-state index contributed by atoms with van der Waals surface area (Å²) in [5, 5.41) is 6.80. The van der Waals surface area contributed by atoms with E-state index in [1.54, 1.807) is 7.05 Å². The van der Waals surface area contributed by atoms with Crippen molar-refractivity contribution in [2.75, 3.05) is 33.4 Å². The highest BCUT2D eigenvalue weighted by Gasteiger charge is 2.14. The van der Waals surface area contributed by atoms with Gasteiger partial charge in [0.15, 0.2) is 5.96 Å². The van der Waals surface area contributed by atoms with E-state index in [4.69, 9.17) is 4.74 Å². The molecular weight excluding hydrogens is 437 g/mol. The first-order valence-corrected chi connectivity index (χ1v) is 8.97. The molecular formula is C21H30IN3O. The second-order valence-corrected chi connectivity index (χ2v) is 5.80. The lowest BCUT2D eigenvalue weighted by Gasteiger charge is -2.20. The standard InChI is InChI=1S/C21H29N3O.HI/c1-3-25-16-10-15-23-21(22-2)24-17-20(18-11-6-4-7-12-18)19-13-8-5-9-14-19;/h4-9,11-14,20H,3,10,15-17H2,1-2H3,(H2,22,23,24);1H. The molecule has 0 aromatic heterocycles. The smallest absolute Gasteiger partial charge is 0.191 e. The summed E-state index contributed by atoms with van der Waals surface area (Å²) < 4.78 is 5.36. The molecule has 0 aliphatic rings. The summed E-state index contributed by atoms with van der Waals surface area (Å²) in [4.78, 5) is 4.32. The van der Waals surface area contributed by atoms with Crippen molar-refractivity contribution in [2.45, 2.75) is 19.3 Å². The van der Waals surface area contributed by atoms with Crippen LogP contribution < -0.4 is 10.6 Å². The van der Waals surface area contributed by atoms with E-state index in [-0.39, 0.29) is 29.9 Å². The molecule has 2 rings (SSSR count). The number of halogens is 1. The molecule has 0 atom stereocenters. The Labute approximate surface area is 174 Å². The van der Waals surface area contributed by atoms with Gasteiger partial charge in [-0.3, -0.25) is 4.99 Å². The summed E-state index contributed by atoms with van der Waals surface area (Å²) in [5.74, 6) is 1.11. The largest absolute Gasteiger partial charge is 0.382 e. The quantitative estimate of drug-likeness (QED) is 0.254. The van der Waals surface area contributed by atoms with Crippen molar-refractivity contribution in [1.82, 2.24) is 10.6 Å². The van der Waals surface area contributed by atoms with Crippen molar-refractivity contribution < 1.29 is 4.74 Å². The molecule has 0 aliphatic heterocycles. The number of benzene rings is 2. The number of nitrogens with one attached hydrogen (secondary N) is 2. The van der Waals surface area contributed by atoms with Crippen LogP contribution in [0.25, 0.3) is 0 Å². The van der Waals surface area contributed by atoms with Gasteiger partial charge in [0.25, 0.3) is 0 Å². The number of aliphatic imine (C=N–C) groups is 1. The Kier molecular flexibility index (Phi) is 11.7. The number of ether oxygens (including phenoxy) is 1. The summed E-state index contributed by atoms with van der Waals surface area (Å²) >= 11 is 0. The molecule has 4 nitrogen and oxygen atoms in total. The lowest BCUT2D eigenvalue weighted by atomic mass is 9.91. The molecule has 0 bridgehead atoms. The van der Waals surface area contributed by atoms with Gasteiger partial charge < -0.3 is 15.4 Å². The maximum Gasteiger partial charge on any atom is 0.191 e. The number of nitrogens with zero attached hydrogens (tertiary/aromatic N) is 1. The third-order valence-corrected chi connectivity index (χ3v) is 4.06. The second-order valence-electron chi connectivity index (χ2n) is 5.80. The van der Waals surface area contributed by atoms with Crippen molar-refractivity contribution in [3.05, 3.63) is 71.8 Å². The Bertz CT molecular complexity index is 580. The van der Waals surface area contributed by atoms with Gasteiger partial charge in [-0.15, -0.1) is 24.0 Å². The minimum absolute atomic E-state index is 0. The van der Waals surface area contributed by atoms with Crippen LogP contribution in [0.15, 0.2) is 65.7 Å². The van der Waals surface area contributed by atoms with E-state index < -0.39 is 0 Å². The molecule has 26 heavy (non-hydrogen) atoms. The molecule has 142 valence electrons. The maximum absolute atomic E-state index is 5.36. The predicted octanol–water partition coefficient (Wildman–Crippen LogP) is 4.03. The SMILES string of the molecule is CCOCCCNC(=NC)NCC(c1ccccc1)c1ccccc1.I. The van der Waals surface area contributed by atoms with Crippen LogP contribution in [-0.2, 0) is 4.74 Å². The van der Waals surface area contributed by atoms with E-state index >= 15 is 0 Å². The topological polar surface area (TPSA) is 45.6 Å². The fourth-order valence-corrected chi connectivity index (χ4v) is 2.74. The van der Waals surface area contributed by atoms with Gasteiger partial charge in [-0.05, 0) is 24.5 Å². The molecule has 0 saturated heterocycles. The minimum atomic E-state index is 0. The molecule has 0 heterocycles. The Morgan fingerprint density at radius 1 is 0.962 bits per heavy atom. The third-order valence-electron chi connectivity index (χ3n) is 4.06. The molecule has 0 fully saturated rings. The minimum Gasteiger partial charge on any atom is -0.382 e. The van der Waals surface area contributed by atoms with E-state index in [9.17, 15) is 0 Å². The van der Waals surface area contributed by atoms with Crippen LogP contribution in [0.2, 0.25) is 0 Å². The molecule has 2 N–H and O–H groups in total. The zero-order valence-electron chi connectivity index (χ0n) is 15.7. The van der Waals surface area contributed by atoms with Crippen LogP contribution in [0, 0.1) is 0 Å². The van der Waals surface area contributed by atoms with Crippen molar-refractivity contribution in [1.29, 1.82) is 0 Å². The van der Waals surface area contributed by atoms with Crippen LogP contribution in [0.3, 0.4) is 0 Å². The molecule has 0 saturated carbocycles. The fraction of sp³-hybridized carbons (Fsp3) is 0.381. The van der Waals surface area contributed by atoms with E-state index in [0.717, 1.165) is 38.7 Å². The van der Waals surface area contributed by atoms with Crippen molar-refractivity contribution in [3.63, 3.8) is 0 Å². The molecule has 5 heteroatoms. The summed E-state index contributed by atoms with van der Waals surface area (Å²) in [6, 6.07) is 21.2. The van der Waals surface area contributed by atoms with Gasteiger partial charge in [-0.25, -0.2) is 0 Å². The molecule has 0 amide bonds. The van der Waals surface area contributed by atoms with Gasteiger partial charge in [-0.1, -0.05) is 60.7 Å². The first kappa shape index (κ1) is 22.4. The number of guanidine groups is 1. The molecule has 0 radical (unpaired) electrons. The zero-order valence-corrected chi connectivity index (χ0v) is 18.0. The van der Waals surface area contributed by atoms with Gasteiger partial charge in [0, 0.05) is 39.3 Å². The van der Waals surface area contributed by atoms with E-state index in [1.807, 2.05) is 6.92 Å². The van der Waals surface area contributed by atoms with Crippen LogP contribution in [0.5, 0.6) is 0 Å². The summed E-state index contributed by atoms with van der Waals surface area (Å²) in [6.07, 6.45) is 0.968. The Hall–Kier alpha value is -1.60. The predicted molar refractivity (Wildman–Crippen MR) is 121 cm³/mol. The molecule has 2 aromatic carbocycles. The van der Waals surface area contributed by atoms with Gasteiger partial charge >= 0.3 is 0 Å². The molecule has 0 spiro atoms. The van der Waals surface area contributed by atoms with Crippen LogP contribution in [0.1, 0.15) is 30.4 Å². The maximum atomic E-state index is 5.36. The van der Waals surface area contributed by atoms with Crippen molar-refractivity contribution in [2.24, 2.45) is 4.99 Å². The van der Waals surface area contributed by atoms with Crippen molar-refractivity contribution >= 4 is 29.9 Å². The Balaban J connectivity index is 0.00000338. The van der Waals surface area contributed by atoms with Crippen LogP contribution in [-0.4, -0.2) is 39.3 Å². The third kappa shape index (κ3) is 7.74. The molecule has 2 aromatic rings. The van der Waals surface area contributed by atoms with Gasteiger partial charge in [0.05, 0.1) is 0 Å². The first-order valence-electron chi connectivity index (χ1n) is 8.97. The second kappa shape index (κ2) is 13.6. The molecule has 0 unspecified atom stereocenters. The van der Waals surface area contributed by atoms with Gasteiger partial charge in [0.1, 0.15) is 0 Å². The Morgan fingerprint density at radius 3 is 2.04 bits per heavy atom. The van der Waals surface area contributed by atoms with E-state index in [2.05, 4.69) is 76.3 Å². The van der Waals surface area contributed by atoms with E-state index in [0.29, 0.717) is 0 Å². The number of hydrogen-bond donors (Lipinski definition) is 2. The lowest BCUT2D eigenvalue weighted by molar-refractivity contribution is 0.145. The van der Waals surface area contributed by atoms with E-state index in [1.165, 1.54) is 11.1 Å². The fourth-order valence-electron chi connectivity index (χ4n) is 2.74. The van der Waals surface area contributed by atoms with Gasteiger partial charge in [-0.2, -0.15) is 0 Å². The average molecular weight is 467 g/mol. The Morgan fingerprint density at radius 2 is 1.54 bits per heavy atom. The van der Waals surface area contributed by atoms with Crippen LogP contribution >= 0.6 is 24.0 Å². The average Bonchev–Trinajstić information content (AvgIpc) is 2.68. The van der Waals surface area contributed by atoms with Gasteiger partial charge in [0.2, 0.25) is 0 Å². The highest BCUT2D eigenvalue weighted by molar-refractivity contribution is 14.0. The highest BCUT2D eigenvalue weighted by Crippen LogP contribution is 2.23. The number of rotatable bonds is 9.